The smallest absolute Gasteiger partial charge is 0.242 e. The van der Waals surface area contributed by atoms with Crippen LogP contribution in [0.3, 0.4) is 0 Å². The lowest BCUT2D eigenvalue weighted by molar-refractivity contribution is -0.117. The number of ether oxygens (including phenoxy) is 1. The van der Waals surface area contributed by atoms with Gasteiger partial charge < -0.3 is 10.1 Å². The molecular formula is C20H25ClN2O4S. The van der Waals surface area contributed by atoms with Crippen molar-refractivity contribution in [3.05, 3.63) is 53.1 Å². The molecule has 0 heterocycles. The molecule has 2 aromatic carbocycles. The minimum atomic E-state index is -3.91. The molecule has 28 heavy (non-hydrogen) atoms. The average molecular weight is 425 g/mol. The van der Waals surface area contributed by atoms with Crippen LogP contribution in [0.15, 0.2) is 47.4 Å². The third kappa shape index (κ3) is 5.95. The minimum Gasteiger partial charge on any atom is -0.495 e. The predicted molar refractivity (Wildman–Crippen MR) is 111 cm³/mol. The van der Waals surface area contributed by atoms with E-state index in [-0.39, 0.29) is 9.92 Å². The van der Waals surface area contributed by atoms with Gasteiger partial charge in [-0.15, -0.1) is 0 Å². The molecule has 2 aromatic rings. The van der Waals surface area contributed by atoms with Crippen molar-refractivity contribution in [1.82, 2.24) is 4.72 Å². The second-order valence-corrected chi connectivity index (χ2v) is 8.55. The van der Waals surface area contributed by atoms with E-state index in [0.29, 0.717) is 11.4 Å². The number of unbranched alkanes of at least 4 members (excludes halogenated alkanes) is 1. The molecule has 152 valence electrons. The Labute approximate surface area is 171 Å². The van der Waals surface area contributed by atoms with Gasteiger partial charge in [-0.1, -0.05) is 37.1 Å². The first kappa shape index (κ1) is 22.2. The Kier molecular flexibility index (Phi) is 7.86. The number of methoxy groups -OCH3 is 1. The molecule has 0 spiro atoms. The van der Waals surface area contributed by atoms with Crippen LogP contribution in [0.5, 0.6) is 5.75 Å². The fourth-order valence-corrected chi connectivity index (χ4v) is 4.11. The van der Waals surface area contributed by atoms with Crippen molar-refractivity contribution in [2.75, 3.05) is 12.4 Å². The highest BCUT2D eigenvalue weighted by Gasteiger charge is 2.23. The second-order valence-electron chi connectivity index (χ2n) is 6.43. The summed E-state index contributed by atoms with van der Waals surface area (Å²) in [4.78, 5) is 12.3. The van der Waals surface area contributed by atoms with Crippen LogP contribution < -0.4 is 14.8 Å². The van der Waals surface area contributed by atoms with Crippen LogP contribution in [0.25, 0.3) is 0 Å². The molecule has 0 fully saturated rings. The fraction of sp³-hybridized carbons (Fsp3) is 0.350. The van der Waals surface area contributed by atoms with Gasteiger partial charge in [-0.05, 0) is 55.7 Å². The lowest BCUT2D eigenvalue weighted by Crippen LogP contribution is -2.41. The number of aryl methyl sites for hydroxylation is 1. The van der Waals surface area contributed by atoms with Gasteiger partial charge in [0.1, 0.15) is 5.75 Å². The minimum absolute atomic E-state index is 0.0433. The lowest BCUT2D eigenvalue weighted by Gasteiger charge is -2.15. The molecule has 0 aliphatic carbocycles. The van der Waals surface area contributed by atoms with Crippen molar-refractivity contribution >= 4 is 33.2 Å². The maximum Gasteiger partial charge on any atom is 0.242 e. The van der Waals surface area contributed by atoms with E-state index in [1.54, 1.807) is 0 Å². The van der Waals surface area contributed by atoms with E-state index in [4.69, 9.17) is 16.3 Å². The topological polar surface area (TPSA) is 84.5 Å². The number of amides is 1. The number of carbonyl (C=O) groups is 1. The number of halogens is 1. The van der Waals surface area contributed by atoms with Gasteiger partial charge in [0.15, 0.2) is 0 Å². The van der Waals surface area contributed by atoms with Crippen molar-refractivity contribution in [2.45, 2.75) is 44.0 Å². The molecule has 2 N–H and O–H groups in total. The first-order valence-electron chi connectivity index (χ1n) is 9.02. The highest BCUT2D eigenvalue weighted by molar-refractivity contribution is 7.89. The first-order chi connectivity index (χ1) is 13.3. The van der Waals surface area contributed by atoms with Crippen molar-refractivity contribution < 1.29 is 17.9 Å². The Hall–Kier alpha value is -2.09. The highest BCUT2D eigenvalue weighted by atomic mass is 35.5. The zero-order valence-electron chi connectivity index (χ0n) is 16.2. The van der Waals surface area contributed by atoms with Gasteiger partial charge in [0.25, 0.3) is 0 Å². The van der Waals surface area contributed by atoms with Crippen molar-refractivity contribution in [3.63, 3.8) is 0 Å². The van der Waals surface area contributed by atoms with E-state index in [9.17, 15) is 13.2 Å². The van der Waals surface area contributed by atoms with E-state index in [2.05, 4.69) is 17.0 Å². The molecular weight excluding hydrogens is 400 g/mol. The number of hydrogen-bond donors (Lipinski definition) is 2. The van der Waals surface area contributed by atoms with Gasteiger partial charge in [0.2, 0.25) is 15.9 Å². The normalized spacial score (nSPS) is 12.4. The largest absolute Gasteiger partial charge is 0.495 e. The summed E-state index contributed by atoms with van der Waals surface area (Å²) in [6.45, 7) is 3.62. The molecule has 2 rings (SSSR count). The Morgan fingerprint density at radius 2 is 1.86 bits per heavy atom. The Morgan fingerprint density at radius 3 is 2.43 bits per heavy atom. The molecule has 0 saturated heterocycles. The molecule has 6 nitrogen and oxygen atoms in total. The summed E-state index contributed by atoms with van der Waals surface area (Å²) in [5.74, 6) is -0.0849. The Morgan fingerprint density at radius 1 is 1.18 bits per heavy atom. The first-order valence-corrected chi connectivity index (χ1v) is 10.9. The number of nitrogens with one attached hydrogen (secondary N) is 2. The van der Waals surface area contributed by atoms with E-state index in [1.807, 2.05) is 24.3 Å². The van der Waals surface area contributed by atoms with Gasteiger partial charge in [-0.25, -0.2) is 8.42 Å². The van der Waals surface area contributed by atoms with Crippen LogP contribution in [-0.2, 0) is 21.2 Å². The third-order valence-electron chi connectivity index (χ3n) is 4.20. The number of benzene rings is 2. The molecule has 0 aliphatic rings. The van der Waals surface area contributed by atoms with E-state index in [0.717, 1.165) is 19.3 Å². The molecule has 0 bridgehead atoms. The van der Waals surface area contributed by atoms with Crippen LogP contribution in [-0.4, -0.2) is 27.5 Å². The lowest BCUT2D eigenvalue weighted by atomic mass is 10.1. The van der Waals surface area contributed by atoms with Crippen molar-refractivity contribution in [3.8, 4) is 5.75 Å². The Balaban J connectivity index is 2.01. The number of carbonyl (C=O) groups excluding carboxylic acids is 1. The van der Waals surface area contributed by atoms with Gasteiger partial charge in [-0.2, -0.15) is 4.72 Å². The predicted octanol–water partition coefficient (Wildman–Crippen LogP) is 4.00. The standard InChI is InChI=1S/C20H25ClN2O4S/c1-4-5-6-15-7-9-16(10-8-15)22-20(24)14(2)23-28(25,26)17-11-12-19(27-3)18(21)13-17/h7-14,23H,4-6H2,1-3H3,(H,22,24)/t14-/m0/s1. The number of rotatable bonds is 9. The summed E-state index contributed by atoms with van der Waals surface area (Å²) in [7, 11) is -2.47. The van der Waals surface area contributed by atoms with Gasteiger partial charge in [0.05, 0.1) is 23.1 Å². The van der Waals surface area contributed by atoms with Crippen LogP contribution in [0.1, 0.15) is 32.3 Å². The Bertz CT molecular complexity index is 914. The summed E-state index contributed by atoms with van der Waals surface area (Å²) in [6.07, 6.45) is 3.22. The summed E-state index contributed by atoms with van der Waals surface area (Å²) >= 11 is 5.99. The average Bonchev–Trinajstić information content (AvgIpc) is 2.67. The quantitative estimate of drug-likeness (QED) is 0.637. The van der Waals surface area contributed by atoms with Crippen LogP contribution in [0, 0.1) is 0 Å². The van der Waals surface area contributed by atoms with Gasteiger partial charge in [-0.3, -0.25) is 4.79 Å². The molecule has 0 unspecified atom stereocenters. The molecule has 0 aromatic heterocycles. The van der Waals surface area contributed by atoms with E-state index >= 15 is 0 Å². The highest BCUT2D eigenvalue weighted by Crippen LogP contribution is 2.27. The fourth-order valence-electron chi connectivity index (χ4n) is 2.55. The monoisotopic (exact) mass is 424 g/mol. The summed E-state index contributed by atoms with van der Waals surface area (Å²) < 4.78 is 32.4. The van der Waals surface area contributed by atoms with Crippen molar-refractivity contribution in [1.29, 1.82) is 0 Å². The molecule has 0 radical (unpaired) electrons. The van der Waals surface area contributed by atoms with Gasteiger partial charge >= 0.3 is 0 Å². The maximum absolute atomic E-state index is 12.5. The zero-order chi connectivity index (χ0) is 20.7. The summed E-state index contributed by atoms with van der Waals surface area (Å²) in [5.41, 5.74) is 1.81. The molecule has 1 atom stereocenters. The second kappa shape index (κ2) is 9.91. The number of sulfonamides is 1. The van der Waals surface area contributed by atoms with Gasteiger partial charge in [0, 0.05) is 5.69 Å². The molecule has 1 amide bonds. The van der Waals surface area contributed by atoms with E-state index in [1.165, 1.54) is 37.8 Å². The molecule has 0 aliphatic heterocycles. The zero-order valence-corrected chi connectivity index (χ0v) is 17.7. The van der Waals surface area contributed by atoms with E-state index < -0.39 is 22.0 Å². The summed E-state index contributed by atoms with van der Waals surface area (Å²) in [5, 5.41) is 2.89. The molecule has 8 heteroatoms. The molecule has 0 saturated carbocycles. The number of hydrogen-bond acceptors (Lipinski definition) is 4. The third-order valence-corrected chi connectivity index (χ3v) is 6.03. The summed E-state index contributed by atoms with van der Waals surface area (Å²) in [6, 6.07) is 10.7. The van der Waals surface area contributed by atoms with Crippen LogP contribution in [0.2, 0.25) is 5.02 Å². The SMILES string of the molecule is CCCCc1ccc(NC(=O)[C@H](C)NS(=O)(=O)c2ccc(OC)c(Cl)c2)cc1. The van der Waals surface area contributed by atoms with Crippen LogP contribution in [0.4, 0.5) is 5.69 Å². The maximum atomic E-state index is 12.5. The van der Waals surface area contributed by atoms with Crippen molar-refractivity contribution in [2.24, 2.45) is 0 Å². The van der Waals surface area contributed by atoms with Crippen LogP contribution >= 0.6 is 11.6 Å². The number of anilines is 1.